The Kier molecular flexibility index (Phi) is 4.70. The highest BCUT2D eigenvalue weighted by molar-refractivity contribution is 7.24. The van der Waals surface area contributed by atoms with Gasteiger partial charge in [-0.3, -0.25) is 9.59 Å². The number of amides is 1. The van der Waals surface area contributed by atoms with Gasteiger partial charge in [-0.1, -0.05) is 11.6 Å². The van der Waals surface area contributed by atoms with E-state index < -0.39 is 11.9 Å². The molecule has 0 radical (unpaired) electrons. The predicted molar refractivity (Wildman–Crippen MR) is 91.4 cm³/mol. The maximum absolute atomic E-state index is 12.7. The van der Waals surface area contributed by atoms with Gasteiger partial charge in [-0.2, -0.15) is 0 Å². The van der Waals surface area contributed by atoms with Crippen LogP contribution in [0, 0.1) is 12.8 Å². The second kappa shape index (κ2) is 6.59. The molecule has 0 aliphatic carbocycles. The molecule has 1 atom stereocenters. The third-order valence-corrected chi connectivity index (χ3v) is 6.38. The summed E-state index contributed by atoms with van der Waals surface area (Å²) in [5, 5.41) is 9.93. The molecule has 23 heavy (non-hydrogen) atoms. The van der Waals surface area contributed by atoms with Gasteiger partial charge in [-0.05, 0) is 31.9 Å². The SMILES string of the molecule is Cc1nc(-c2ccc(Cl)s2)sc1C(=O)N1CCC[C@H](C(=O)O)C1. The summed E-state index contributed by atoms with van der Waals surface area (Å²) in [7, 11) is 0. The van der Waals surface area contributed by atoms with Gasteiger partial charge in [-0.25, -0.2) is 4.98 Å². The summed E-state index contributed by atoms with van der Waals surface area (Å²) in [6.45, 7) is 2.67. The van der Waals surface area contributed by atoms with Crippen molar-refractivity contribution in [3.05, 3.63) is 27.0 Å². The fourth-order valence-electron chi connectivity index (χ4n) is 2.64. The molecule has 0 unspecified atom stereocenters. The van der Waals surface area contributed by atoms with Crippen molar-refractivity contribution in [2.45, 2.75) is 19.8 Å². The minimum Gasteiger partial charge on any atom is -0.481 e. The summed E-state index contributed by atoms with van der Waals surface area (Å²) in [5.74, 6) is -1.44. The number of carboxylic acids is 1. The summed E-state index contributed by atoms with van der Waals surface area (Å²) in [5.41, 5.74) is 0.678. The fourth-order valence-corrected chi connectivity index (χ4v) is 4.77. The highest BCUT2D eigenvalue weighted by Gasteiger charge is 2.30. The van der Waals surface area contributed by atoms with Gasteiger partial charge in [0, 0.05) is 13.1 Å². The molecule has 0 saturated carbocycles. The van der Waals surface area contributed by atoms with E-state index in [2.05, 4.69) is 4.98 Å². The number of aryl methyl sites for hydroxylation is 1. The first-order valence-electron chi connectivity index (χ1n) is 7.21. The lowest BCUT2D eigenvalue weighted by atomic mass is 9.98. The molecule has 1 fully saturated rings. The summed E-state index contributed by atoms with van der Waals surface area (Å²) in [4.78, 5) is 31.5. The van der Waals surface area contributed by atoms with E-state index in [-0.39, 0.29) is 12.5 Å². The molecule has 2 aromatic heterocycles. The number of carboxylic acid groups (broad SMARTS) is 1. The van der Waals surface area contributed by atoms with Gasteiger partial charge in [0.1, 0.15) is 9.88 Å². The number of rotatable bonds is 3. The molecule has 122 valence electrons. The minimum atomic E-state index is -0.836. The first kappa shape index (κ1) is 16.4. The van der Waals surface area contributed by atoms with Gasteiger partial charge in [0.05, 0.1) is 20.8 Å². The van der Waals surface area contributed by atoms with Crippen LogP contribution in [0.2, 0.25) is 4.34 Å². The smallest absolute Gasteiger partial charge is 0.308 e. The number of thiophene rings is 1. The number of piperidine rings is 1. The van der Waals surface area contributed by atoms with E-state index in [0.29, 0.717) is 34.3 Å². The van der Waals surface area contributed by atoms with Crippen molar-refractivity contribution < 1.29 is 14.7 Å². The van der Waals surface area contributed by atoms with E-state index in [9.17, 15) is 9.59 Å². The molecular weight excluding hydrogens is 356 g/mol. The van der Waals surface area contributed by atoms with Gasteiger partial charge in [0.2, 0.25) is 0 Å². The standard InChI is InChI=1S/C15H15ClN2O3S2/c1-8-12(23-13(17-8)10-4-5-11(16)22-10)14(19)18-6-2-3-9(7-18)15(20)21/h4-5,9H,2-3,6-7H2,1H3,(H,20,21)/t9-/m0/s1. The molecule has 1 saturated heterocycles. The Morgan fingerprint density at radius 1 is 1.39 bits per heavy atom. The lowest BCUT2D eigenvalue weighted by molar-refractivity contribution is -0.143. The molecular formula is C15H15ClN2O3S2. The topological polar surface area (TPSA) is 70.5 Å². The number of aliphatic carboxylic acids is 1. The Bertz CT molecular complexity index is 756. The first-order chi connectivity index (χ1) is 11.0. The molecule has 3 rings (SSSR count). The summed E-state index contributed by atoms with van der Waals surface area (Å²) in [6, 6.07) is 3.70. The van der Waals surface area contributed by atoms with Gasteiger partial charge in [0.25, 0.3) is 5.91 Å². The van der Waals surface area contributed by atoms with Crippen LogP contribution >= 0.6 is 34.3 Å². The molecule has 8 heteroatoms. The predicted octanol–water partition coefficient (Wildman–Crippen LogP) is 3.77. The number of carbonyl (C=O) groups is 2. The van der Waals surface area contributed by atoms with Gasteiger partial charge in [0.15, 0.2) is 0 Å². The van der Waals surface area contributed by atoms with Crippen molar-refractivity contribution in [1.82, 2.24) is 9.88 Å². The number of aromatic nitrogens is 1. The van der Waals surface area contributed by atoms with Crippen LogP contribution in [0.5, 0.6) is 0 Å². The largest absolute Gasteiger partial charge is 0.481 e. The molecule has 1 N–H and O–H groups in total. The van der Waals surface area contributed by atoms with Crippen LogP contribution in [0.15, 0.2) is 12.1 Å². The van der Waals surface area contributed by atoms with Gasteiger partial charge in [-0.15, -0.1) is 22.7 Å². The second-order valence-corrected chi connectivity index (χ2v) is 8.18. The molecule has 5 nitrogen and oxygen atoms in total. The number of hydrogen-bond donors (Lipinski definition) is 1. The number of nitrogens with zero attached hydrogens (tertiary/aromatic N) is 2. The fraction of sp³-hybridized carbons (Fsp3) is 0.400. The molecule has 3 heterocycles. The Labute approximate surface area is 146 Å². The zero-order valence-corrected chi connectivity index (χ0v) is 14.8. The molecule has 1 aliphatic rings. The zero-order chi connectivity index (χ0) is 16.6. The van der Waals surface area contributed by atoms with Crippen molar-refractivity contribution >= 4 is 46.2 Å². The monoisotopic (exact) mass is 370 g/mol. The number of thiazole rings is 1. The lowest BCUT2D eigenvalue weighted by Crippen LogP contribution is -2.42. The van der Waals surface area contributed by atoms with Crippen molar-refractivity contribution in [2.75, 3.05) is 13.1 Å². The zero-order valence-electron chi connectivity index (χ0n) is 12.4. The third-order valence-electron chi connectivity index (χ3n) is 3.83. The Morgan fingerprint density at radius 2 is 2.17 bits per heavy atom. The van der Waals surface area contributed by atoms with Crippen LogP contribution in [0.4, 0.5) is 0 Å². The number of hydrogen-bond acceptors (Lipinski definition) is 5. The van der Waals surface area contributed by atoms with Crippen molar-refractivity contribution in [3.8, 4) is 9.88 Å². The lowest BCUT2D eigenvalue weighted by Gasteiger charge is -2.30. The number of carbonyl (C=O) groups excluding carboxylic acids is 1. The summed E-state index contributed by atoms with van der Waals surface area (Å²) >= 11 is 8.72. The van der Waals surface area contributed by atoms with Crippen molar-refractivity contribution in [3.63, 3.8) is 0 Å². The summed E-state index contributed by atoms with van der Waals surface area (Å²) in [6.07, 6.45) is 1.34. The normalized spacial score (nSPS) is 18.2. The molecule has 2 aromatic rings. The van der Waals surface area contributed by atoms with E-state index in [0.717, 1.165) is 9.88 Å². The van der Waals surface area contributed by atoms with Crippen molar-refractivity contribution in [2.24, 2.45) is 5.92 Å². The second-order valence-electron chi connectivity index (χ2n) is 5.47. The Morgan fingerprint density at radius 3 is 2.83 bits per heavy atom. The van der Waals surface area contributed by atoms with Crippen molar-refractivity contribution in [1.29, 1.82) is 0 Å². The third kappa shape index (κ3) is 3.41. The van der Waals surface area contributed by atoms with E-state index in [1.54, 1.807) is 11.8 Å². The number of likely N-dealkylation sites (tertiary alicyclic amines) is 1. The number of halogens is 1. The highest BCUT2D eigenvalue weighted by Crippen LogP contribution is 2.35. The average Bonchev–Trinajstić information content (AvgIpc) is 3.12. The summed E-state index contributed by atoms with van der Waals surface area (Å²) < 4.78 is 0.682. The molecule has 0 spiro atoms. The first-order valence-corrected chi connectivity index (χ1v) is 9.22. The van der Waals surface area contributed by atoms with E-state index in [1.165, 1.54) is 22.7 Å². The van der Waals surface area contributed by atoms with Crippen LogP contribution in [0.3, 0.4) is 0 Å². The van der Waals surface area contributed by atoms with Gasteiger partial charge < -0.3 is 10.0 Å². The Hall–Kier alpha value is -1.44. The van der Waals surface area contributed by atoms with Crippen LogP contribution in [0.25, 0.3) is 9.88 Å². The van der Waals surface area contributed by atoms with E-state index >= 15 is 0 Å². The minimum absolute atomic E-state index is 0.125. The molecule has 1 aliphatic heterocycles. The van der Waals surface area contributed by atoms with Gasteiger partial charge >= 0.3 is 5.97 Å². The average molecular weight is 371 g/mol. The highest BCUT2D eigenvalue weighted by atomic mass is 35.5. The molecule has 1 amide bonds. The Balaban J connectivity index is 1.82. The van der Waals surface area contributed by atoms with Crippen LogP contribution < -0.4 is 0 Å². The maximum Gasteiger partial charge on any atom is 0.308 e. The van der Waals surface area contributed by atoms with E-state index in [1.807, 2.05) is 12.1 Å². The molecule has 0 bridgehead atoms. The van der Waals surface area contributed by atoms with E-state index in [4.69, 9.17) is 16.7 Å². The molecule has 0 aromatic carbocycles. The van der Waals surface area contributed by atoms with Crippen LogP contribution in [0.1, 0.15) is 28.2 Å². The van der Waals surface area contributed by atoms with Crippen LogP contribution in [-0.4, -0.2) is 40.0 Å². The quantitative estimate of drug-likeness (QED) is 0.892. The maximum atomic E-state index is 12.7. The van der Waals surface area contributed by atoms with Crippen LogP contribution in [-0.2, 0) is 4.79 Å².